The number of carboxylic acid groups (broad SMARTS) is 1. The lowest BCUT2D eigenvalue weighted by Crippen LogP contribution is -2.47. The molecule has 1 rings (SSSR count). The van der Waals surface area contributed by atoms with E-state index in [2.05, 4.69) is 12.2 Å². The number of amides is 2. The van der Waals surface area contributed by atoms with Crippen LogP contribution >= 0.6 is 0 Å². The van der Waals surface area contributed by atoms with Crippen LogP contribution < -0.4 is 5.32 Å². The molecule has 0 heterocycles. The Bertz CT molecular complexity index is 307. The average Bonchev–Trinajstić information content (AvgIpc) is 2.72. The van der Waals surface area contributed by atoms with Crippen LogP contribution in [0.25, 0.3) is 0 Å². The highest BCUT2D eigenvalue weighted by atomic mass is 16.4. The summed E-state index contributed by atoms with van der Waals surface area (Å²) in [6, 6.07) is -1.03. The third-order valence-electron chi connectivity index (χ3n) is 3.80. The molecule has 0 aromatic rings. The molecular weight excluding hydrogens is 232 g/mol. The van der Waals surface area contributed by atoms with Gasteiger partial charge in [-0.1, -0.05) is 20.3 Å². The zero-order valence-electron chi connectivity index (χ0n) is 11.5. The van der Waals surface area contributed by atoms with E-state index in [1.54, 1.807) is 6.92 Å². The van der Waals surface area contributed by atoms with Crippen molar-refractivity contribution >= 4 is 12.0 Å². The van der Waals surface area contributed by atoms with E-state index in [9.17, 15) is 9.59 Å². The molecule has 0 radical (unpaired) electrons. The van der Waals surface area contributed by atoms with Crippen molar-refractivity contribution in [2.24, 2.45) is 11.8 Å². The quantitative estimate of drug-likeness (QED) is 0.789. The number of rotatable bonds is 5. The standard InChI is InChI=1S/C13H24N2O3/c1-4-11(12(16)17)15(3)13(18)14-8-10-6-5-9(2)7-10/h9-11H,4-8H2,1-3H3,(H,14,18)(H,16,17). The van der Waals surface area contributed by atoms with Crippen molar-refractivity contribution in [1.29, 1.82) is 0 Å². The van der Waals surface area contributed by atoms with Crippen LogP contribution in [0.3, 0.4) is 0 Å². The van der Waals surface area contributed by atoms with Crippen LogP contribution in [0, 0.1) is 11.8 Å². The summed E-state index contributed by atoms with van der Waals surface area (Å²) < 4.78 is 0. The fraction of sp³-hybridized carbons (Fsp3) is 0.846. The summed E-state index contributed by atoms with van der Waals surface area (Å²) in [5.74, 6) is 0.332. The number of urea groups is 1. The molecule has 2 N–H and O–H groups in total. The van der Waals surface area contributed by atoms with E-state index in [1.807, 2.05) is 0 Å². The van der Waals surface area contributed by atoms with Gasteiger partial charge in [0.15, 0.2) is 0 Å². The molecule has 0 aromatic carbocycles. The van der Waals surface area contributed by atoms with Gasteiger partial charge in [-0.25, -0.2) is 9.59 Å². The van der Waals surface area contributed by atoms with Gasteiger partial charge in [0.05, 0.1) is 0 Å². The molecule has 1 fully saturated rings. The fourth-order valence-corrected chi connectivity index (χ4v) is 2.62. The normalized spacial score (nSPS) is 24.6. The molecule has 5 heteroatoms. The number of likely N-dealkylation sites (N-methyl/N-ethyl adjacent to an activating group) is 1. The topological polar surface area (TPSA) is 69.6 Å². The lowest BCUT2D eigenvalue weighted by Gasteiger charge is -2.24. The Balaban J connectivity index is 2.37. The monoisotopic (exact) mass is 256 g/mol. The number of aliphatic carboxylic acids is 1. The van der Waals surface area contributed by atoms with Gasteiger partial charge >= 0.3 is 12.0 Å². The summed E-state index contributed by atoms with van der Waals surface area (Å²) in [7, 11) is 1.54. The van der Waals surface area contributed by atoms with Crippen molar-refractivity contribution in [3.63, 3.8) is 0 Å². The number of carboxylic acids is 1. The second-order valence-corrected chi connectivity index (χ2v) is 5.34. The van der Waals surface area contributed by atoms with Gasteiger partial charge in [0.25, 0.3) is 0 Å². The van der Waals surface area contributed by atoms with Crippen LogP contribution in [0.1, 0.15) is 39.5 Å². The van der Waals surface area contributed by atoms with Crippen LogP contribution in [0.4, 0.5) is 4.79 Å². The maximum absolute atomic E-state index is 11.8. The van der Waals surface area contributed by atoms with Crippen LogP contribution in [-0.4, -0.2) is 41.6 Å². The van der Waals surface area contributed by atoms with Crippen molar-refractivity contribution in [2.75, 3.05) is 13.6 Å². The van der Waals surface area contributed by atoms with Crippen LogP contribution in [0.15, 0.2) is 0 Å². The smallest absolute Gasteiger partial charge is 0.326 e. The van der Waals surface area contributed by atoms with Gasteiger partial charge in [0, 0.05) is 13.6 Å². The third-order valence-corrected chi connectivity index (χ3v) is 3.80. The molecule has 18 heavy (non-hydrogen) atoms. The summed E-state index contributed by atoms with van der Waals surface area (Å²) in [6.45, 7) is 4.65. The number of hydrogen-bond acceptors (Lipinski definition) is 2. The number of nitrogens with zero attached hydrogens (tertiary/aromatic N) is 1. The second kappa shape index (κ2) is 6.61. The summed E-state index contributed by atoms with van der Waals surface area (Å²) in [5, 5.41) is 11.8. The Morgan fingerprint density at radius 2 is 2.11 bits per heavy atom. The van der Waals surface area contributed by atoms with Gasteiger partial charge in [-0.15, -0.1) is 0 Å². The van der Waals surface area contributed by atoms with Gasteiger partial charge in [0.1, 0.15) is 6.04 Å². The van der Waals surface area contributed by atoms with Gasteiger partial charge in [-0.2, -0.15) is 0 Å². The van der Waals surface area contributed by atoms with Crippen molar-refractivity contribution in [2.45, 2.75) is 45.6 Å². The van der Waals surface area contributed by atoms with Crippen LogP contribution in [-0.2, 0) is 4.79 Å². The van der Waals surface area contributed by atoms with Crippen molar-refractivity contribution in [3.05, 3.63) is 0 Å². The van der Waals surface area contributed by atoms with E-state index in [4.69, 9.17) is 5.11 Å². The molecular formula is C13H24N2O3. The van der Waals surface area contributed by atoms with E-state index in [1.165, 1.54) is 18.4 Å². The first-order valence-electron chi connectivity index (χ1n) is 6.69. The fourth-order valence-electron chi connectivity index (χ4n) is 2.62. The minimum Gasteiger partial charge on any atom is -0.480 e. The molecule has 1 saturated carbocycles. The number of carbonyl (C=O) groups excluding carboxylic acids is 1. The minimum atomic E-state index is -0.954. The third kappa shape index (κ3) is 3.89. The Morgan fingerprint density at radius 1 is 1.44 bits per heavy atom. The summed E-state index contributed by atoms with van der Waals surface area (Å²) in [6.07, 6.45) is 3.95. The van der Waals surface area contributed by atoms with E-state index in [0.717, 1.165) is 18.8 Å². The molecule has 104 valence electrons. The average molecular weight is 256 g/mol. The summed E-state index contributed by atoms with van der Waals surface area (Å²) >= 11 is 0. The van der Waals surface area contributed by atoms with Gasteiger partial charge in [0.2, 0.25) is 0 Å². The largest absolute Gasteiger partial charge is 0.480 e. The van der Waals surface area contributed by atoms with E-state index >= 15 is 0 Å². The summed E-state index contributed by atoms with van der Waals surface area (Å²) in [5.41, 5.74) is 0. The van der Waals surface area contributed by atoms with Crippen molar-refractivity contribution < 1.29 is 14.7 Å². The molecule has 1 aliphatic carbocycles. The maximum Gasteiger partial charge on any atom is 0.326 e. The Morgan fingerprint density at radius 3 is 2.56 bits per heavy atom. The van der Waals surface area contributed by atoms with Crippen LogP contribution in [0.5, 0.6) is 0 Å². The minimum absolute atomic E-state index is 0.288. The second-order valence-electron chi connectivity index (χ2n) is 5.34. The molecule has 0 aliphatic heterocycles. The number of nitrogens with one attached hydrogen (secondary N) is 1. The molecule has 3 unspecified atom stereocenters. The van der Waals surface area contributed by atoms with Gasteiger partial charge < -0.3 is 15.3 Å². The number of hydrogen-bond donors (Lipinski definition) is 2. The van der Waals surface area contributed by atoms with E-state index in [-0.39, 0.29) is 6.03 Å². The lowest BCUT2D eigenvalue weighted by molar-refractivity contribution is -0.141. The summed E-state index contributed by atoms with van der Waals surface area (Å²) in [4.78, 5) is 24.1. The Hall–Kier alpha value is -1.26. The molecule has 1 aliphatic rings. The van der Waals surface area contributed by atoms with Gasteiger partial charge in [-0.3, -0.25) is 0 Å². The maximum atomic E-state index is 11.8. The first-order valence-corrected chi connectivity index (χ1v) is 6.69. The zero-order chi connectivity index (χ0) is 13.7. The van der Waals surface area contributed by atoms with Crippen molar-refractivity contribution in [3.8, 4) is 0 Å². The highest BCUT2D eigenvalue weighted by molar-refractivity contribution is 5.82. The molecule has 2 amide bonds. The first kappa shape index (κ1) is 14.8. The SMILES string of the molecule is CCC(C(=O)O)N(C)C(=O)NCC1CCC(C)C1. The lowest BCUT2D eigenvalue weighted by atomic mass is 10.1. The molecule has 0 bridgehead atoms. The predicted molar refractivity (Wildman–Crippen MR) is 69.4 cm³/mol. The van der Waals surface area contributed by atoms with Crippen molar-refractivity contribution in [1.82, 2.24) is 10.2 Å². The molecule has 0 aromatic heterocycles. The zero-order valence-corrected chi connectivity index (χ0v) is 11.5. The highest BCUT2D eigenvalue weighted by Gasteiger charge is 2.26. The molecule has 5 nitrogen and oxygen atoms in total. The Labute approximate surface area is 109 Å². The number of carbonyl (C=O) groups is 2. The van der Waals surface area contributed by atoms with E-state index in [0.29, 0.717) is 18.9 Å². The highest BCUT2D eigenvalue weighted by Crippen LogP contribution is 2.29. The molecule has 0 spiro atoms. The first-order chi connectivity index (χ1) is 8.45. The van der Waals surface area contributed by atoms with E-state index < -0.39 is 12.0 Å². The van der Waals surface area contributed by atoms with Gasteiger partial charge in [-0.05, 0) is 31.1 Å². The predicted octanol–water partition coefficient (Wildman–Crippen LogP) is 1.93. The Kier molecular flexibility index (Phi) is 5.44. The molecule has 3 atom stereocenters. The van der Waals surface area contributed by atoms with Crippen LogP contribution in [0.2, 0.25) is 0 Å². The molecule has 0 saturated heterocycles.